The number of nitrogens with two attached hydrogens (primary N) is 1. The molecule has 2 fully saturated rings. The van der Waals surface area contributed by atoms with Gasteiger partial charge in [0.25, 0.3) is 0 Å². The molecule has 3 rings (SSSR count). The zero-order chi connectivity index (χ0) is 20.3. The minimum absolute atomic E-state index is 0.0105. The summed E-state index contributed by atoms with van der Waals surface area (Å²) in [6.45, 7) is 5.28. The van der Waals surface area contributed by atoms with Gasteiger partial charge in [-0.3, -0.25) is 19.3 Å². The van der Waals surface area contributed by atoms with Gasteiger partial charge in [0.1, 0.15) is 5.82 Å². The van der Waals surface area contributed by atoms with Crippen molar-refractivity contribution in [3.63, 3.8) is 0 Å². The standard InChI is InChI=1S/C20H27FN4O3/c1-14(26)15-4-5-18(17(21)11-15)24-9-7-23(8-10-24)13-19(27)25-6-2-3-16(12-25)20(22)28/h4-5,11,16H,2-3,6-10,12-13H2,1H3,(H2,22,28). The summed E-state index contributed by atoms with van der Waals surface area (Å²) in [6, 6.07) is 4.56. The fraction of sp³-hybridized carbons (Fsp3) is 0.550. The first-order valence-corrected chi connectivity index (χ1v) is 9.70. The van der Waals surface area contributed by atoms with Gasteiger partial charge >= 0.3 is 0 Å². The summed E-state index contributed by atoms with van der Waals surface area (Å²) in [5.74, 6) is -1.15. The van der Waals surface area contributed by atoms with E-state index in [-0.39, 0.29) is 23.5 Å². The summed E-state index contributed by atoms with van der Waals surface area (Å²) in [5.41, 5.74) is 6.23. The second-order valence-electron chi connectivity index (χ2n) is 7.57. The van der Waals surface area contributed by atoms with E-state index in [2.05, 4.69) is 4.90 Å². The van der Waals surface area contributed by atoms with E-state index in [1.54, 1.807) is 17.0 Å². The molecule has 7 nitrogen and oxygen atoms in total. The van der Waals surface area contributed by atoms with Crippen LogP contribution in [0.4, 0.5) is 10.1 Å². The molecule has 0 bridgehead atoms. The molecule has 1 atom stereocenters. The van der Waals surface area contributed by atoms with Gasteiger partial charge in [-0.2, -0.15) is 0 Å². The lowest BCUT2D eigenvalue weighted by Crippen LogP contribution is -2.52. The Labute approximate surface area is 164 Å². The highest BCUT2D eigenvalue weighted by atomic mass is 19.1. The maximum Gasteiger partial charge on any atom is 0.236 e. The molecule has 2 saturated heterocycles. The predicted octanol–water partition coefficient (Wildman–Crippen LogP) is 0.874. The molecule has 1 unspecified atom stereocenters. The third kappa shape index (κ3) is 4.67. The van der Waals surface area contributed by atoms with Gasteiger partial charge in [0.2, 0.25) is 11.8 Å². The lowest BCUT2D eigenvalue weighted by atomic mass is 9.97. The SMILES string of the molecule is CC(=O)c1ccc(N2CCN(CC(=O)N3CCCC(C(N)=O)C3)CC2)c(F)c1. The molecule has 1 aromatic carbocycles. The van der Waals surface area contributed by atoms with E-state index in [1.165, 1.54) is 13.0 Å². The highest BCUT2D eigenvalue weighted by molar-refractivity contribution is 5.94. The Bertz CT molecular complexity index is 762. The number of carbonyl (C=O) groups excluding carboxylic acids is 3. The lowest BCUT2D eigenvalue weighted by molar-refractivity contribution is -0.136. The molecule has 0 aromatic heterocycles. The summed E-state index contributed by atoms with van der Waals surface area (Å²) >= 11 is 0. The van der Waals surface area contributed by atoms with Crippen LogP contribution in [0.25, 0.3) is 0 Å². The number of piperazine rings is 1. The van der Waals surface area contributed by atoms with Crippen molar-refractivity contribution in [2.24, 2.45) is 11.7 Å². The van der Waals surface area contributed by atoms with Crippen LogP contribution in [0.15, 0.2) is 18.2 Å². The van der Waals surface area contributed by atoms with Crippen LogP contribution in [-0.2, 0) is 9.59 Å². The first kappa shape index (κ1) is 20.3. The van der Waals surface area contributed by atoms with Gasteiger partial charge in [-0.1, -0.05) is 0 Å². The minimum atomic E-state index is -0.400. The molecule has 28 heavy (non-hydrogen) atoms. The summed E-state index contributed by atoms with van der Waals surface area (Å²) in [7, 11) is 0. The number of nitrogens with zero attached hydrogens (tertiary/aromatic N) is 3. The number of Topliss-reactive ketones (excluding diaryl/α,β-unsaturated/α-hetero) is 1. The smallest absolute Gasteiger partial charge is 0.236 e. The van der Waals surface area contributed by atoms with E-state index in [4.69, 9.17) is 5.73 Å². The number of ketones is 1. The monoisotopic (exact) mass is 390 g/mol. The van der Waals surface area contributed by atoms with Crippen molar-refractivity contribution in [3.8, 4) is 0 Å². The molecule has 2 N–H and O–H groups in total. The van der Waals surface area contributed by atoms with E-state index < -0.39 is 5.82 Å². The van der Waals surface area contributed by atoms with Crippen LogP contribution in [0.1, 0.15) is 30.1 Å². The third-order valence-corrected chi connectivity index (χ3v) is 5.60. The normalized spacial score (nSPS) is 20.9. The van der Waals surface area contributed by atoms with Crippen molar-refractivity contribution in [2.75, 3.05) is 50.7 Å². The van der Waals surface area contributed by atoms with Crippen molar-refractivity contribution in [3.05, 3.63) is 29.6 Å². The number of hydrogen-bond acceptors (Lipinski definition) is 5. The molecular weight excluding hydrogens is 363 g/mol. The zero-order valence-corrected chi connectivity index (χ0v) is 16.2. The van der Waals surface area contributed by atoms with Gasteiger partial charge in [-0.05, 0) is 38.0 Å². The average Bonchev–Trinajstić information content (AvgIpc) is 2.68. The fourth-order valence-corrected chi connectivity index (χ4v) is 3.86. The number of benzene rings is 1. The van der Waals surface area contributed by atoms with Crippen LogP contribution < -0.4 is 10.6 Å². The molecule has 2 amide bonds. The first-order valence-electron chi connectivity index (χ1n) is 9.70. The molecule has 0 saturated carbocycles. The van der Waals surface area contributed by atoms with E-state index in [1.807, 2.05) is 4.90 Å². The number of likely N-dealkylation sites (tertiary alicyclic amines) is 1. The lowest BCUT2D eigenvalue weighted by Gasteiger charge is -2.38. The largest absolute Gasteiger partial charge is 0.369 e. The Kier molecular flexibility index (Phi) is 6.28. The van der Waals surface area contributed by atoms with Crippen molar-refractivity contribution in [1.29, 1.82) is 0 Å². The molecule has 8 heteroatoms. The van der Waals surface area contributed by atoms with Gasteiger partial charge in [-0.15, -0.1) is 0 Å². The summed E-state index contributed by atoms with van der Waals surface area (Å²) in [5, 5.41) is 0. The maximum absolute atomic E-state index is 14.3. The van der Waals surface area contributed by atoms with Gasteiger partial charge < -0.3 is 15.5 Å². The number of amides is 2. The van der Waals surface area contributed by atoms with Gasteiger partial charge in [0.05, 0.1) is 18.2 Å². The number of anilines is 1. The number of carbonyl (C=O) groups is 3. The van der Waals surface area contributed by atoms with Crippen LogP contribution >= 0.6 is 0 Å². The Balaban J connectivity index is 1.52. The molecule has 1 aromatic rings. The van der Waals surface area contributed by atoms with Crippen molar-refractivity contribution < 1.29 is 18.8 Å². The van der Waals surface area contributed by atoms with Crippen LogP contribution in [0.3, 0.4) is 0 Å². The van der Waals surface area contributed by atoms with Crippen LogP contribution in [0, 0.1) is 11.7 Å². The third-order valence-electron chi connectivity index (χ3n) is 5.60. The number of rotatable bonds is 5. The molecule has 0 spiro atoms. The summed E-state index contributed by atoms with van der Waals surface area (Å²) < 4.78 is 14.3. The highest BCUT2D eigenvalue weighted by Gasteiger charge is 2.29. The molecular formula is C20H27FN4O3. The maximum atomic E-state index is 14.3. The summed E-state index contributed by atoms with van der Waals surface area (Å²) in [4.78, 5) is 41.0. The minimum Gasteiger partial charge on any atom is -0.369 e. The Morgan fingerprint density at radius 3 is 2.46 bits per heavy atom. The van der Waals surface area contributed by atoms with Crippen LogP contribution in [-0.4, -0.2) is 73.2 Å². The van der Waals surface area contributed by atoms with Crippen molar-refractivity contribution in [1.82, 2.24) is 9.80 Å². The topological polar surface area (TPSA) is 87.0 Å². The Morgan fingerprint density at radius 1 is 1.14 bits per heavy atom. The number of piperidine rings is 1. The van der Waals surface area contributed by atoms with Crippen LogP contribution in [0.5, 0.6) is 0 Å². The summed E-state index contributed by atoms with van der Waals surface area (Å²) in [6.07, 6.45) is 1.54. The molecule has 2 aliphatic rings. The van der Waals surface area contributed by atoms with E-state index in [0.29, 0.717) is 57.1 Å². The highest BCUT2D eigenvalue weighted by Crippen LogP contribution is 2.22. The van der Waals surface area contributed by atoms with Gasteiger partial charge in [0.15, 0.2) is 5.78 Å². The zero-order valence-electron chi connectivity index (χ0n) is 16.2. The van der Waals surface area contributed by atoms with Crippen molar-refractivity contribution >= 4 is 23.3 Å². The predicted molar refractivity (Wildman–Crippen MR) is 104 cm³/mol. The molecule has 152 valence electrons. The van der Waals surface area contributed by atoms with Crippen molar-refractivity contribution in [2.45, 2.75) is 19.8 Å². The van der Waals surface area contributed by atoms with E-state index in [0.717, 1.165) is 12.8 Å². The Hall–Kier alpha value is -2.48. The number of hydrogen-bond donors (Lipinski definition) is 1. The second-order valence-corrected chi connectivity index (χ2v) is 7.57. The Morgan fingerprint density at radius 2 is 1.86 bits per heavy atom. The quantitative estimate of drug-likeness (QED) is 0.754. The number of halogens is 1. The van der Waals surface area contributed by atoms with E-state index in [9.17, 15) is 18.8 Å². The van der Waals surface area contributed by atoms with Gasteiger partial charge in [-0.25, -0.2) is 4.39 Å². The molecule has 0 radical (unpaired) electrons. The van der Waals surface area contributed by atoms with Gasteiger partial charge in [0, 0.05) is 44.8 Å². The van der Waals surface area contributed by atoms with E-state index >= 15 is 0 Å². The number of primary amides is 1. The molecule has 0 aliphatic carbocycles. The molecule has 2 heterocycles. The second kappa shape index (κ2) is 8.68. The first-order chi connectivity index (χ1) is 13.3. The van der Waals surface area contributed by atoms with Crippen LogP contribution in [0.2, 0.25) is 0 Å². The molecule has 2 aliphatic heterocycles. The average molecular weight is 390 g/mol. The fourth-order valence-electron chi connectivity index (χ4n) is 3.86.